The summed E-state index contributed by atoms with van der Waals surface area (Å²) in [6.07, 6.45) is 4.91. The van der Waals surface area contributed by atoms with E-state index in [-0.39, 0.29) is 17.4 Å². The molecule has 0 aliphatic carbocycles. The molecule has 156 valence electrons. The lowest BCUT2D eigenvalue weighted by molar-refractivity contribution is 0.278. The molecular weight excluding hydrogens is 441 g/mol. The van der Waals surface area contributed by atoms with E-state index in [0.717, 1.165) is 10.1 Å². The standard InChI is InChI=1S/C21H15ClFN5O2S/c22-14-8-12(27-21-19-16(24-11-25-21)4-5-28(19)6-7-29)9-15(23)20(14)30-17-2-1-3-18-13(17)10-26-31-18/h1-5,8-11,29H,6-7H2,(H,24,25,27). The van der Waals surface area contributed by atoms with Crippen molar-refractivity contribution in [2.45, 2.75) is 6.54 Å². The first-order valence-electron chi connectivity index (χ1n) is 9.32. The van der Waals surface area contributed by atoms with Gasteiger partial charge < -0.3 is 19.7 Å². The summed E-state index contributed by atoms with van der Waals surface area (Å²) in [7, 11) is 0. The molecular formula is C21H15ClFN5O2S. The Morgan fingerprint density at radius 2 is 2.13 bits per heavy atom. The fourth-order valence-electron chi connectivity index (χ4n) is 3.35. The van der Waals surface area contributed by atoms with Crippen molar-refractivity contribution in [2.75, 3.05) is 11.9 Å². The summed E-state index contributed by atoms with van der Waals surface area (Å²) in [5, 5.41) is 13.3. The van der Waals surface area contributed by atoms with Crippen LogP contribution in [0.25, 0.3) is 21.1 Å². The highest BCUT2D eigenvalue weighted by molar-refractivity contribution is 7.13. The van der Waals surface area contributed by atoms with Crippen molar-refractivity contribution in [2.24, 2.45) is 0 Å². The van der Waals surface area contributed by atoms with Gasteiger partial charge in [-0.15, -0.1) is 0 Å². The van der Waals surface area contributed by atoms with Crippen molar-refractivity contribution in [3.8, 4) is 11.5 Å². The van der Waals surface area contributed by atoms with Crippen LogP contribution in [-0.2, 0) is 6.54 Å². The quantitative estimate of drug-likeness (QED) is 0.358. The van der Waals surface area contributed by atoms with Gasteiger partial charge in [-0.2, -0.15) is 4.37 Å². The minimum absolute atomic E-state index is 0.0307. The Hall–Kier alpha value is -3.27. The van der Waals surface area contributed by atoms with Crippen LogP contribution >= 0.6 is 23.1 Å². The average Bonchev–Trinajstić information content (AvgIpc) is 3.39. The van der Waals surface area contributed by atoms with Crippen LogP contribution in [0.3, 0.4) is 0 Å². The number of aliphatic hydroxyl groups excluding tert-OH is 1. The van der Waals surface area contributed by atoms with Crippen LogP contribution in [0.4, 0.5) is 15.9 Å². The SMILES string of the molecule is OCCn1ccc2ncnc(Nc3cc(F)c(Oc4cccc5sncc45)c(Cl)c3)c21. The van der Waals surface area contributed by atoms with Crippen molar-refractivity contribution in [1.29, 1.82) is 0 Å². The van der Waals surface area contributed by atoms with Gasteiger partial charge in [0.2, 0.25) is 0 Å². The van der Waals surface area contributed by atoms with Gasteiger partial charge in [0.25, 0.3) is 0 Å². The molecule has 0 amide bonds. The third-order valence-electron chi connectivity index (χ3n) is 4.72. The van der Waals surface area contributed by atoms with Crippen LogP contribution in [0, 0.1) is 5.82 Å². The zero-order valence-corrected chi connectivity index (χ0v) is 17.5. The molecule has 0 aliphatic heterocycles. The molecule has 0 unspecified atom stereocenters. The monoisotopic (exact) mass is 455 g/mol. The fraction of sp³-hybridized carbons (Fsp3) is 0.0952. The molecule has 3 aromatic heterocycles. The Labute approximate surface area is 184 Å². The molecule has 31 heavy (non-hydrogen) atoms. The molecule has 0 saturated heterocycles. The molecule has 5 aromatic rings. The van der Waals surface area contributed by atoms with Crippen LogP contribution in [0.1, 0.15) is 0 Å². The van der Waals surface area contributed by atoms with Gasteiger partial charge in [0.15, 0.2) is 17.4 Å². The van der Waals surface area contributed by atoms with Crippen LogP contribution in [-0.4, -0.2) is 30.6 Å². The summed E-state index contributed by atoms with van der Waals surface area (Å²) >= 11 is 7.70. The molecule has 5 rings (SSSR count). The van der Waals surface area contributed by atoms with E-state index in [4.69, 9.17) is 16.3 Å². The van der Waals surface area contributed by atoms with Gasteiger partial charge in [-0.3, -0.25) is 0 Å². The highest BCUT2D eigenvalue weighted by atomic mass is 35.5. The number of aliphatic hydroxyl groups is 1. The number of benzene rings is 2. The lowest BCUT2D eigenvalue weighted by Crippen LogP contribution is -2.04. The van der Waals surface area contributed by atoms with E-state index in [0.29, 0.717) is 34.8 Å². The number of rotatable bonds is 6. The summed E-state index contributed by atoms with van der Waals surface area (Å²) in [5.74, 6) is 0.266. The van der Waals surface area contributed by atoms with Crippen molar-refractivity contribution < 1.29 is 14.2 Å². The van der Waals surface area contributed by atoms with Crippen LogP contribution in [0.15, 0.2) is 55.1 Å². The van der Waals surface area contributed by atoms with Crippen molar-refractivity contribution in [3.63, 3.8) is 0 Å². The molecule has 0 radical (unpaired) electrons. The zero-order valence-electron chi connectivity index (χ0n) is 15.9. The maximum atomic E-state index is 14.9. The van der Waals surface area contributed by atoms with Gasteiger partial charge in [-0.25, -0.2) is 14.4 Å². The Kier molecular flexibility index (Phi) is 5.14. The third-order valence-corrected chi connectivity index (χ3v) is 5.77. The normalized spacial score (nSPS) is 11.3. The number of nitrogens with zero attached hydrogens (tertiary/aromatic N) is 4. The lowest BCUT2D eigenvalue weighted by atomic mass is 10.2. The van der Waals surface area contributed by atoms with Gasteiger partial charge in [-0.1, -0.05) is 17.7 Å². The second-order valence-electron chi connectivity index (χ2n) is 6.68. The minimum Gasteiger partial charge on any atom is -0.452 e. The van der Waals surface area contributed by atoms with E-state index in [2.05, 4.69) is 19.7 Å². The average molecular weight is 456 g/mol. The summed E-state index contributed by atoms with van der Waals surface area (Å²) in [4.78, 5) is 8.49. The van der Waals surface area contributed by atoms with Crippen molar-refractivity contribution in [3.05, 3.63) is 66.0 Å². The fourth-order valence-corrected chi connectivity index (χ4v) is 4.26. The summed E-state index contributed by atoms with van der Waals surface area (Å²) in [6.45, 7) is 0.355. The van der Waals surface area contributed by atoms with Crippen LogP contribution < -0.4 is 10.1 Å². The molecule has 7 nitrogen and oxygen atoms in total. The van der Waals surface area contributed by atoms with Gasteiger partial charge in [-0.05, 0) is 35.8 Å². The maximum Gasteiger partial charge on any atom is 0.181 e. The summed E-state index contributed by atoms with van der Waals surface area (Å²) in [6, 6.07) is 10.2. The van der Waals surface area contributed by atoms with E-state index in [1.807, 2.05) is 29.0 Å². The minimum atomic E-state index is -0.619. The number of ether oxygens (including phenoxy) is 1. The molecule has 0 bridgehead atoms. The number of hydrogen-bond donors (Lipinski definition) is 2. The van der Waals surface area contributed by atoms with Gasteiger partial charge in [0.1, 0.15) is 17.6 Å². The van der Waals surface area contributed by atoms with E-state index in [9.17, 15) is 9.50 Å². The van der Waals surface area contributed by atoms with E-state index < -0.39 is 5.82 Å². The van der Waals surface area contributed by atoms with E-state index >= 15 is 0 Å². The van der Waals surface area contributed by atoms with Crippen molar-refractivity contribution in [1.82, 2.24) is 18.9 Å². The molecule has 10 heteroatoms. The molecule has 2 N–H and O–H groups in total. The van der Waals surface area contributed by atoms with Crippen LogP contribution in [0.5, 0.6) is 11.5 Å². The van der Waals surface area contributed by atoms with Crippen LogP contribution in [0.2, 0.25) is 5.02 Å². The Bertz CT molecular complexity index is 1380. The largest absolute Gasteiger partial charge is 0.452 e. The smallest absolute Gasteiger partial charge is 0.181 e. The molecule has 3 heterocycles. The molecule has 0 saturated carbocycles. The molecule has 0 fully saturated rings. The second-order valence-corrected chi connectivity index (χ2v) is 7.92. The van der Waals surface area contributed by atoms with Gasteiger partial charge in [0, 0.05) is 24.5 Å². The highest BCUT2D eigenvalue weighted by Crippen LogP contribution is 2.38. The number of fused-ring (bicyclic) bond motifs is 2. The molecule has 2 aromatic carbocycles. The predicted molar refractivity (Wildman–Crippen MR) is 119 cm³/mol. The number of nitrogens with one attached hydrogen (secondary N) is 1. The van der Waals surface area contributed by atoms with E-state index in [1.165, 1.54) is 23.9 Å². The number of anilines is 2. The summed E-state index contributed by atoms with van der Waals surface area (Å²) < 4.78 is 27.6. The lowest BCUT2D eigenvalue weighted by Gasteiger charge is -2.13. The Morgan fingerprint density at radius 3 is 2.97 bits per heavy atom. The van der Waals surface area contributed by atoms with Crippen molar-refractivity contribution >= 4 is 55.8 Å². The Morgan fingerprint density at radius 1 is 1.23 bits per heavy atom. The first kappa shape index (κ1) is 19.7. The topological polar surface area (TPSA) is 85.1 Å². The Balaban J connectivity index is 1.48. The molecule has 0 spiro atoms. The number of halogens is 2. The van der Waals surface area contributed by atoms with Gasteiger partial charge in [0.05, 0.1) is 33.4 Å². The second kappa shape index (κ2) is 8.10. The highest BCUT2D eigenvalue weighted by Gasteiger charge is 2.16. The number of aromatic nitrogens is 4. The van der Waals surface area contributed by atoms with E-state index in [1.54, 1.807) is 18.3 Å². The summed E-state index contributed by atoms with van der Waals surface area (Å²) in [5.41, 5.74) is 1.81. The van der Waals surface area contributed by atoms with Gasteiger partial charge >= 0.3 is 0 Å². The predicted octanol–water partition coefficient (Wildman–Crippen LogP) is 5.36. The first-order chi connectivity index (χ1) is 15.1. The first-order valence-corrected chi connectivity index (χ1v) is 10.5. The number of hydrogen-bond acceptors (Lipinski definition) is 7. The maximum absolute atomic E-state index is 14.9. The molecule has 0 atom stereocenters. The molecule has 0 aliphatic rings. The third kappa shape index (κ3) is 3.67. The zero-order chi connectivity index (χ0) is 21.4.